The Hall–Kier alpha value is -2.77. The summed E-state index contributed by atoms with van der Waals surface area (Å²) in [6.07, 6.45) is 0. The molecule has 3 aromatic rings. The predicted molar refractivity (Wildman–Crippen MR) is 104 cm³/mol. The highest BCUT2D eigenvalue weighted by Crippen LogP contribution is 2.10. The number of aromatic nitrogens is 2. The summed E-state index contributed by atoms with van der Waals surface area (Å²) in [5.41, 5.74) is 3.29. The van der Waals surface area contributed by atoms with Crippen molar-refractivity contribution in [2.24, 2.45) is 5.10 Å². The maximum Gasteiger partial charge on any atom is 0.279 e. The number of fused-ring (bicyclic) bond motifs is 1. The van der Waals surface area contributed by atoms with E-state index in [1.54, 1.807) is 43.3 Å². The Kier molecular flexibility index (Phi) is 4.78. The number of nitrogens with zero attached hydrogens (tertiary/aromatic N) is 2. The summed E-state index contributed by atoms with van der Waals surface area (Å²) in [5, 5.41) is 7.80. The van der Waals surface area contributed by atoms with Gasteiger partial charge in [-0.2, -0.15) is 9.78 Å². The van der Waals surface area contributed by atoms with Gasteiger partial charge >= 0.3 is 0 Å². The zero-order valence-electron chi connectivity index (χ0n) is 13.1. The van der Waals surface area contributed by atoms with E-state index in [4.69, 9.17) is 23.8 Å². The van der Waals surface area contributed by atoms with Gasteiger partial charge in [0.1, 0.15) is 0 Å². The Morgan fingerprint density at radius 2 is 1.76 bits per heavy atom. The molecule has 0 radical (unpaired) electrons. The molecule has 0 amide bonds. The molecule has 2 aromatic carbocycles. The van der Waals surface area contributed by atoms with Gasteiger partial charge in [-0.15, -0.1) is 0 Å². The molecule has 0 aliphatic rings. The molecule has 1 aromatic heterocycles. The van der Waals surface area contributed by atoms with Gasteiger partial charge in [0.15, 0.2) is 0 Å². The van der Waals surface area contributed by atoms with E-state index in [9.17, 15) is 9.59 Å². The van der Waals surface area contributed by atoms with E-state index in [1.165, 1.54) is 0 Å². The summed E-state index contributed by atoms with van der Waals surface area (Å²) in [6, 6.07) is 13.7. The van der Waals surface area contributed by atoms with Crippen LogP contribution < -0.4 is 16.5 Å². The Morgan fingerprint density at radius 1 is 1.12 bits per heavy atom. The van der Waals surface area contributed by atoms with Gasteiger partial charge in [0.2, 0.25) is 5.11 Å². The Balaban J connectivity index is 1.91. The van der Waals surface area contributed by atoms with Crippen molar-refractivity contribution in [3.8, 4) is 0 Å². The van der Waals surface area contributed by atoms with Crippen LogP contribution in [0.5, 0.6) is 0 Å². The van der Waals surface area contributed by atoms with Crippen LogP contribution in [0.15, 0.2) is 63.2 Å². The fourth-order valence-electron chi connectivity index (χ4n) is 2.28. The molecule has 6 nitrogen and oxygen atoms in total. The van der Waals surface area contributed by atoms with Crippen molar-refractivity contribution in [3.05, 3.63) is 79.8 Å². The van der Waals surface area contributed by atoms with Gasteiger partial charge in [-0.1, -0.05) is 35.9 Å². The first kappa shape index (κ1) is 17.1. The van der Waals surface area contributed by atoms with Gasteiger partial charge in [0.05, 0.1) is 16.5 Å². The highest BCUT2D eigenvalue weighted by atomic mass is 35.5. The molecule has 0 bridgehead atoms. The minimum absolute atomic E-state index is 0.0267. The molecule has 2 N–H and O–H groups in total. The molecule has 0 saturated carbocycles. The third kappa shape index (κ3) is 3.52. The van der Waals surface area contributed by atoms with E-state index in [-0.39, 0.29) is 10.5 Å². The molecule has 25 heavy (non-hydrogen) atoms. The Labute approximate surface area is 152 Å². The van der Waals surface area contributed by atoms with E-state index >= 15 is 0 Å². The van der Waals surface area contributed by atoms with Crippen LogP contribution in [0.25, 0.3) is 10.8 Å². The van der Waals surface area contributed by atoms with Crippen molar-refractivity contribution in [1.82, 2.24) is 15.2 Å². The van der Waals surface area contributed by atoms with Crippen molar-refractivity contribution in [2.75, 3.05) is 0 Å². The summed E-state index contributed by atoms with van der Waals surface area (Å²) < 4.78 is 0.971. The molecule has 126 valence electrons. The van der Waals surface area contributed by atoms with Crippen LogP contribution in [0.1, 0.15) is 12.5 Å². The normalized spacial score (nSPS) is 11.5. The van der Waals surface area contributed by atoms with Crippen molar-refractivity contribution in [2.45, 2.75) is 6.92 Å². The van der Waals surface area contributed by atoms with E-state index in [0.717, 1.165) is 10.2 Å². The lowest BCUT2D eigenvalue weighted by Gasteiger charge is -2.08. The highest BCUT2D eigenvalue weighted by molar-refractivity contribution is 7.80. The van der Waals surface area contributed by atoms with Crippen LogP contribution in [0.3, 0.4) is 0 Å². The molecule has 0 fully saturated rings. The standard InChI is InChI=1S/C17H13ClN4O2S/c1-10(11-6-8-12(18)9-7-11)19-20-17(25)22-16(24)14-5-3-2-4-13(14)15(23)21-22/h2-9H,1H3,(H,20,25)(H,21,23)/b19-10+. The van der Waals surface area contributed by atoms with Crippen molar-refractivity contribution < 1.29 is 0 Å². The lowest BCUT2D eigenvalue weighted by molar-refractivity contribution is 0.812. The molecule has 0 spiro atoms. The van der Waals surface area contributed by atoms with Crippen LogP contribution in [-0.4, -0.2) is 20.6 Å². The zero-order chi connectivity index (χ0) is 18.0. The molecule has 1 heterocycles. The molecule has 0 unspecified atom stereocenters. The average molecular weight is 373 g/mol. The smallest absolute Gasteiger partial charge is 0.267 e. The maximum atomic E-state index is 12.5. The first-order valence-corrected chi connectivity index (χ1v) is 8.10. The Bertz CT molecular complexity index is 1100. The molecular formula is C17H13ClN4O2S. The second-order valence-corrected chi connectivity index (χ2v) is 6.07. The minimum Gasteiger partial charge on any atom is -0.267 e. The predicted octanol–water partition coefficient (Wildman–Crippen LogP) is 2.49. The van der Waals surface area contributed by atoms with Crippen LogP contribution in [0, 0.1) is 0 Å². The summed E-state index contributed by atoms with van der Waals surface area (Å²) in [6.45, 7) is 1.78. The molecule has 0 atom stereocenters. The number of aromatic amines is 1. The average Bonchev–Trinajstić information content (AvgIpc) is 2.63. The van der Waals surface area contributed by atoms with Crippen molar-refractivity contribution in [3.63, 3.8) is 0 Å². The lowest BCUT2D eigenvalue weighted by atomic mass is 10.1. The molecule has 0 aliphatic carbocycles. The van der Waals surface area contributed by atoms with Gasteiger partial charge in [-0.3, -0.25) is 20.1 Å². The van der Waals surface area contributed by atoms with E-state index in [0.29, 0.717) is 16.1 Å². The van der Waals surface area contributed by atoms with Gasteiger partial charge in [0.25, 0.3) is 11.1 Å². The van der Waals surface area contributed by atoms with E-state index in [2.05, 4.69) is 15.6 Å². The summed E-state index contributed by atoms with van der Waals surface area (Å²) >= 11 is 11.0. The highest BCUT2D eigenvalue weighted by Gasteiger charge is 2.09. The number of hydrogen-bond acceptors (Lipinski definition) is 4. The number of hydrazone groups is 1. The van der Waals surface area contributed by atoms with E-state index < -0.39 is 11.1 Å². The molecule has 3 rings (SSSR count). The van der Waals surface area contributed by atoms with Crippen LogP contribution in [-0.2, 0) is 0 Å². The summed E-state index contributed by atoms with van der Waals surface area (Å²) in [7, 11) is 0. The quantitative estimate of drug-likeness (QED) is 0.411. The zero-order valence-corrected chi connectivity index (χ0v) is 14.7. The fourth-order valence-corrected chi connectivity index (χ4v) is 2.58. The fraction of sp³-hybridized carbons (Fsp3) is 0.0588. The first-order chi connectivity index (χ1) is 12.0. The third-order valence-corrected chi connectivity index (χ3v) is 4.13. The third-order valence-electron chi connectivity index (χ3n) is 3.60. The molecule has 0 aliphatic heterocycles. The van der Waals surface area contributed by atoms with Gasteiger partial charge < -0.3 is 0 Å². The number of halogens is 1. The number of hydrogen-bond donors (Lipinski definition) is 2. The van der Waals surface area contributed by atoms with Crippen LogP contribution in [0.2, 0.25) is 5.02 Å². The minimum atomic E-state index is -0.424. The molecule has 0 saturated heterocycles. The number of benzene rings is 2. The van der Waals surface area contributed by atoms with Gasteiger partial charge in [-0.25, -0.2) is 0 Å². The number of nitrogens with one attached hydrogen (secondary N) is 2. The summed E-state index contributed by atoms with van der Waals surface area (Å²) in [5.74, 6) is 0. The SMILES string of the molecule is C/C(=N\NC(=S)n1[nH]c(=O)c2ccccc2c1=O)c1ccc(Cl)cc1. The number of thiocarbonyl (C=S) groups is 1. The second kappa shape index (κ2) is 7.00. The summed E-state index contributed by atoms with van der Waals surface area (Å²) in [4.78, 5) is 24.6. The van der Waals surface area contributed by atoms with Gasteiger partial charge in [-0.05, 0) is 49.0 Å². The monoisotopic (exact) mass is 372 g/mol. The Morgan fingerprint density at radius 3 is 2.44 bits per heavy atom. The number of rotatable bonds is 2. The van der Waals surface area contributed by atoms with Crippen LogP contribution >= 0.6 is 23.8 Å². The van der Waals surface area contributed by atoms with E-state index in [1.807, 2.05) is 12.1 Å². The maximum absolute atomic E-state index is 12.5. The van der Waals surface area contributed by atoms with Crippen molar-refractivity contribution >= 4 is 45.4 Å². The van der Waals surface area contributed by atoms with Crippen LogP contribution in [0.4, 0.5) is 0 Å². The number of H-pyrrole nitrogens is 1. The lowest BCUT2D eigenvalue weighted by Crippen LogP contribution is -2.39. The van der Waals surface area contributed by atoms with Crippen molar-refractivity contribution in [1.29, 1.82) is 0 Å². The largest absolute Gasteiger partial charge is 0.279 e. The topological polar surface area (TPSA) is 79.2 Å². The molecule has 8 heteroatoms. The first-order valence-electron chi connectivity index (χ1n) is 7.32. The van der Waals surface area contributed by atoms with Gasteiger partial charge in [0, 0.05) is 5.02 Å². The molecular weight excluding hydrogens is 360 g/mol. The second-order valence-electron chi connectivity index (χ2n) is 5.25.